The Morgan fingerprint density at radius 3 is 1.44 bits per heavy atom. The molecule has 0 aromatic carbocycles. The molecule has 2 aliphatic carbocycles. The maximum atomic E-state index is 11.9. The number of hydrogen-bond donors (Lipinski definition) is 0. The Kier molecular flexibility index (Phi) is 6.19. The molecule has 0 aromatic rings. The summed E-state index contributed by atoms with van der Waals surface area (Å²) in [6.07, 6.45) is 17.7. The lowest BCUT2D eigenvalue weighted by Gasteiger charge is -2.18. The highest BCUT2D eigenvalue weighted by Crippen LogP contribution is 2.26. The summed E-state index contributed by atoms with van der Waals surface area (Å²) in [5.74, 6) is 1.37. The fourth-order valence-electron chi connectivity index (χ4n) is 3.08. The van der Waals surface area contributed by atoms with Crippen LogP contribution in [-0.4, -0.2) is 4.21 Å². The maximum Gasteiger partial charge on any atom is 0.0696 e. The van der Waals surface area contributed by atoms with Crippen LogP contribution in [0.25, 0.3) is 0 Å². The number of hydrogen-bond acceptors (Lipinski definition) is 1. The van der Waals surface area contributed by atoms with Gasteiger partial charge in [-0.3, -0.25) is 4.21 Å². The van der Waals surface area contributed by atoms with E-state index in [9.17, 15) is 4.21 Å². The molecular weight excluding hydrogens is 240 g/mol. The highest BCUT2D eigenvalue weighted by Gasteiger charge is 2.11. The van der Waals surface area contributed by atoms with Gasteiger partial charge in [-0.15, -0.1) is 0 Å². The lowest BCUT2D eigenvalue weighted by molar-refractivity contribution is 0.419. The largest absolute Gasteiger partial charge is 0.250 e. The van der Waals surface area contributed by atoms with Gasteiger partial charge in [0.1, 0.15) is 0 Å². The average molecular weight is 266 g/mol. The van der Waals surface area contributed by atoms with Crippen molar-refractivity contribution >= 4 is 10.8 Å². The Bertz CT molecular complexity index is 277. The summed E-state index contributed by atoms with van der Waals surface area (Å²) in [5.41, 5.74) is 0. The molecule has 0 unspecified atom stereocenters. The molecule has 2 heteroatoms. The van der Waals surface area contributed by atoms with Gasteiger partial charge in [0, 0.05) is 10.8 Å². The highest BCUT2D eigenvalue weighted by atomic mass is 32.2. The van der Waals surface area contributed by atoms with Crippen molar-refractivity contribution < 1.29 is 4.21 Å². The molecule has 0 N–H and O–H groups in total. The van der Waals surface area contributed by atoms with Crippen molar-refractivity contribution in [3.63, 3.8) is 0 Å². The smallest absolute Gasteiger partial charge is 0.0696 e. The zero-order valence-corrected chi connectivity index (χ0v) is 12.2. The molecule has 2 saturated carbocycles. The Morgan fingerprint density at radius 1 is 0.667 bits per heavy atom. The Labute approximate surface area is 114 Å². The van der Waals surface area contributed by atoms with Gasteiger partial charge in [0.05, 0.1) is 10.8 Å². The first-order valence-corrected chi connectivity index (χ1v) is 8.88. The second-order valence-corrected chi connectivity index (χ2v) is 6.98. The van der Waals surface area contributed by atoms with E-state index < -0.39 is 10.8 Å². The first kappa shape index (κ1) is 14.0. The third-order valence-electron chi connectivity index (χ3n) is 4.27. The van der Waals surface area contributed by atoms with Crippen LogP contribution in [0.4, 0.5) is 0 Å². The van der Waals surface area contributed by atoms with Crippen LogP contribution in [0.15, 0.2) is 23.0 Å². The molecule has 0 heterocycles. The summed E-state index contributed by atoms with van der Waals surface area (Å²) < 4.78 is 11.9. The first-order valence-electron chi connectivity index (χ1n) is 7.60. The van der Waals surface area contributed by atoms with Crippen LogP contribution in [0.1, 0.15) is 64.2 Å². The molecule has 102 valence electrons. The predicted molar refractivity (Wildman–Crippen MR) is 79.6 cm³/mol. The van der Waals surface area contributed by atoms with Crippen LogP contribution in [0.3, 0.4) is 0 Å². The molecule has 1 nitrogen and oxygen atoms in total. The summed E-state index contributed by atoms with van der Waals surface area (Å²) >= 11 is 0. The van der Waals surface area contributed by atoms with E-state index in [4.69, 9.17) is 0 Å². The monoisotopic (exact) mass is 266 g/mol. The molecule has 0 bridgehead atoms. The van der Waals surface area contributed by atoms with E-state index in [0.29, 0.717) is 11.8 Å². The van der Waals surface area contributed by atoms with Gasteiger partial charge in [0.15, 0.2) is 0 Å². The second-order valence-electron chi connectivity index (χ2n) is 5.78. The van der Waals surface area contributed by atoms with Crippen LogP contribution in [0, 0.1) is 11.8 Å². The molecule has 0 aromatic heterocycles. The van der Waals surface area contributed by atoms with Gasteiger partial charge in [0.2, 0.25) is 0 Å². The Balaban J connectivity index is 1.73. The Morgan fingerprint density at radius 2 is 1.06 bits per heavy atom. The van der Waals surface area contributed by atoms with Gasteiger partial charge in [-0.25, -0.2) is 0 Å². The van der Waals surface area contributed by atoms with E-state index in [-0.39, 0.29) is 0 Å². The standard InChI is InChI=1S/C16H26OS/c17-18(13-11-15-7-3-1-4-8-15)14-12-16-9-5-2-6-10-16/h11-16H,1-10H2. The van der Waals surface area contributed by atoms with Gasteiger partial charge in [-0.05, 0) is 37.5 Å². The maximum absolute atomic E-state index is 11.9. The molecule has 2 fully saturated rings. The van der Waals surface area contributed by atoms with Gasteiger partial charge < -0.3 is 0 Å². The van der Waals surface area contributed by atoms with Crippen molar-refractivity contribution in [1.29, 1.82) is 0 Å². The van der Waals surface area contributed by atoms with Crippen LogP contribution < -0.4 is 0 Å². The molecule has 2 aliphatic rings. The molecule has 0 radical (unpaired) electrons. The van der Waals surface area contributed by atoms with Crippen molar-refractivity contribution in [3.05, 3.63) is 23.0 Å². The Hall–Kier alpha value is -0.370. The number of rotatable bonds is 4. The van der Waals surface area contributed by atoms with Crippen LogP contribution in [-0.2, 0) is 10.8 Å². The van der Waals surface area contributed by atoms with E-state index >= 15 is 0 Å². The van der Waals surface area contributed by atoms with E-state index in [2.05, 4.69) is 12.2 Å². The quantitative estimate of drug-likeness (QED) is 0.705. The zero-order chi connectivity index (χ0) is 12.6. The molecule has 2 rings (SSSR count). The summed E-state index contributed by atoms with van der Waals surface area (Å²) in [6, 6.07) is 0. The average Bonchev–Trinajstić information content (AvgIpc) is 2.45. The third-order valence-corrected chi connectivity index (χ3v) is 5.12. The molecular formula is C16H26OS. The van der Waals surface area contributed by atoms with Gasteiger partial charge >= 0.3 is 0 Å². The molecule has 0 amide bonds. The van der Waals surface area contributed by atoms with E-state index in [0.717, 1.165) is 0 Å². The van der Waals surface area contributed by atoms with Crippen molar-refractivity contribution in [2.24, 2.45) is 11.8 Å². The minimum absolute atomic E-state index is 0.686. The highest BCUT2D eigenvalue weighted by molar-refractivity contribution is 7.90. The summed E-state index contributed by atoms with van der Waals surface area (Å²) in [7, 11) is -0.884. The molecule has 0 atom stereocenters. The van der Waals surface area contributed by atoms with Crippen LogP contribution in [0.5, 0.6) is 0 Å². The second kappa shape index (κ2) is 7.93. The molecule has 0 saturated heterocycles. The van der Waals surface area contributed by atoms with Crippen molar-refractivity contribution in [3.8, 4) is 0 Å². The van der Waals surface area contributed by atoms with Crippen molar-refractivity contribution in [1.82, 2.24) is 0 Å². The lowest BCUT2D eigenvalue weighted by Crippen LogP contribution is -2.03. The van der Waals surface area contributed by atoms with Gasteiger partial charge in [-0.2, -0.15) is 0 Å². The van der Waals surface area contributed by atoms with E-state index in [1.807, 2.05) is 10.8 Å². The summed E-state index contributed by atoms with van der Waals surface area (Å²) in [4.78, 5) is 0. The SMILES string of the molecule is O=S(C=CC1CCCCC1)C=CC1CCCCC1. The molecule has 0 aliphatic heterocycles. The summed E-state index contributed by atoms with van der Waals surface area (Å²) in [6.45, 7) is 0. The van der Waals surface area contributed by atoms with Crippen molar-refractivity contribution in [2.45, 2.75) is 64.2 Å². The fraction of sp³-hybridized carbons (Fsp3) is 0.750. The van der Waals surface area contributed by atoms with Crippen LogP contribution >= 0.6 is 0 Å². The minimum Gasteiger partial charge on any atom is -0.250 e. The number of allylic oxidation sites excluding steroid dienone is 2. The van der Waals surface area contributed by atoms with Gasteiger partial charge in [0.25, 0.3) is 0 Å². The molecule has 0 spiro atoms. The zero-order valence-electron chi connectivity index (χ0n) is 11.4. The molecule has 18 heavy (non-hydrogen) atoms. The third kappa shape index (κ3) is 5.09. The van der Waals surface area contributed by atoms with E-state index in [1.54, 1.807) is 0 Å². The van der Waals surface area contributed by atoms with E-state index in [1.165, 1.54) is 64.2 Å². The predicted octanol–water partition coefficient (Wildman–Crippen LogP) is 4.92. The topological polar surface area (TPSA) is 17.1 Å². The van der Waals surface area contributed by atoms with Gasteiger partial charge in [-0.1, -0.05) is 50.7 Å². The first-order chi connectivity index (χ1) is 8.84. The summed E-state index contributed by atoms with van der Waals surface area (Å²) in [5, 5.41) is 3.82. The van der Waals surface area contributed by atoms with Crippen LogP contribution in [0.2, 0.25) is 0 Å². The fourth-order valence-corrected chi connectivity index (χ4v) is 3.92. The lowest BCUT2D eigenvalue weighted by atomic mass is 9.90. The normalized spacial score (nSPS) is 26.0. The minimum atomic E-state index is -0.884. The van der Waals surface area contributed by atoms with Crippen molar-refractivity contribution in [2.75, 3.05) is 0 Å².